The first-order chi connectivity index (χ1) is 31.2. The second-order valence-corrected chi connectivity index (χ2v) is 18.0. The Labute approximate surface area is 380 Å². The summed E-state index contributed by atoms with van der Waals surface area (Å²) in [6, 6.07) is 30.5. The van der Waals surface area contributed by atoms with Crippen LogP contribution in [-0.2, 0) is 38.3 Å². The lowest BCUT2D eigenvalue weighted by Crippen LogP contribution is -2.41. The van der Waals surface area contributed by atoms with Gasteiger partial charge < -0.3 is 44.4 Å². The number of ketones is 1. The second-order valence-electron chi connectivity index (χ2n) is 18.0. The number of carbonyl (C=O) groups excluding carboxylic acids is 4. The molecule has 13 heteroatoms. The number of amides is 3. The number of carbonyl (C=O) groups is 4. The lowest BCUT2D eigenvalue weighted by Gasteiger charge is -2.25. The standard InChI is InChI=1S/C52H57N7O6/c1-52(2,32-53-3)20-19-46(60)44-24-37(28-56(44)4)35-15-17-38(18-16-35)55-50(62)45-25-39(29-57(45)5)54-49(61)22-33-11-10-12-34(21-33)31-65-48-27-43-41(26-47(48)64-7)51(63)59-40(30-58(43)6)23-36-13-8-9-14-42(36)59/h8-18,21,24-29,40,53H,19-20,22-23,30-32H2,1-7H3,(H,54,61)(H,55,62)/t40-/m0/s1. The van der Waals surface area contributed by atoms with E-state index in [0.717, 1.165) is 53.0 Å². The van der Waals surface area contributed by atoms with Gasteiger partial charge >= 0.3 is 0 Å². The van der Waals surface area contributed by atoms with E-state index in [1.165, 1.54) is 5.56 Å². The number of hydrogen-bond acceptors (Lipinski definition) is 8. The summed E-state index contributed by atoms with van der Waals surface area (Å²) in [5.41, 5.74) is 9.17. The number of nitrogens with zero attached hydrogens (tertiary/aromatic N) is 4. The van der Waals surface area contributed by atoms with Gasteiger partial charge in [0.15, 0.2) is 17.3 Å². The maximum atomic E-state index is 14.0. The number of nitrogens with one attached hydrogen (secondary N) is 3. The molecule has 13 nitrogen and oxygen atoms in total. The molecule has 6 aromatic rings. The highest BCUT2D eigenvalue weighted by Gasteiger charge is 2.39. The van der Waals surface area contributed by atoms with E-state index in [9.17, 15) is 19.2 Å². The summed E-state index contributed by atoms with van der Waals surface area (Å²) in [6.07, 6.45) is 5.83. The number of benzene rings is 4. The van der Waals surface area contributed by atoms with Gasteiger partial charge in [-0.2, -0.15) is 0 Å². The smallest absolute Gasteiger partial charge is 0.272 e. The molecule has 0 spiro atoms. The lowest BCUT2D eigenvalue weighted by molar-refractivity contribution is -0.115. The minimum Gasteiger partial charge on any atom is -0.493 e. The summed E-state index contributed by atoms with van der Waals surface area (Å²) in [5, 5.41) is 9.09. The fraction of sp³-hybridized carbons (Fsp3) is 0.308. The Morgan fingerprint density at radius 1 is 0.769 bits per heavy atom. The first kappa shape index (κ1) is 44.5. The molecular formula is C52H57N7O6. The molecule has 0 fully saturated rings. The zero-order valence-electron chi connectivity index (χ0n) is 38.2. The van der Waals surface area contributed by atoms with Crippen LogP contribution in [0, 0.1) is 5.41 Å². The van der Waals surface area contributed by atoms with Gasteiger partial charge in [0.2, 0.25) is 5.91 Å². The number of aryl methyl sites for hydroxylation is 2. The van der Waals surface area contributed by atoms with Crippen LogP contribution in [0.15, 0.2) is 109 Å². The minimum atomic E-state index is -0.322. The Morgan fingerprint density at radius 2 is 1.52 bits per heavy atom. The van der Waals surface area contributed by atoms with Crippen LogP contribution in [-0.4, -0.2) is 73.0 Å². The summed E-state index contributed by atoms with van der Waals surface area (Å²) in [6.45, 7) is 6.05. The zero-order chi connectivity index (χ0) is 46.0. The highest BCUT2D eigenvalue weighted by Crippen LogP contribution is 2.42. The third-order valence-electron chi connectivity index (χ3n) is 12.4. The van der Waals surface area contributed by atoms with E-state index in [2.05, 4.69) is 40.8 Å². The van der Waals surface area contributed by atoms with E-state index in [0.29, 0.717) is 52.8 Å². The van der Waals surface area contributed by atoms with Crippen molar-refractivity contribution in [1.82, 2.24) is 14.5 Å². The Bertz CT molecular complexity index is 2770. The fourth-order valence-corrected chi connectivity index (χ4v) is 9.06. The Morgan fingerprint density at radius 3 is 2.29 bits per heavy atom. The van der Waals surface area contributed by atoms with Crippen LogP contribution < -0.4 is 35.2 Å². The Balaban J connectivity index is 0.857. The molecule has 0 unspecified atom stereocenters. The van der Waals surface area contributed by atoms with Crippen LogP contribution in [0.25, 0.3) is 11.1 Å². The first-order valence-electron chi connectivity index (χ1n) is 22.0. The molecule has 336 valence electrons. The number of hydrogen-bond donors (Lipinski definition) is 3. The third kappa shape index (κ3) is 9.70. The van der Waals surface area contributed by atoms with E-state index in [1.807, 2.05) is 116 Å². The SMILES string of the molecule is CNCC(C)(C)CCC(=O)c1cc(-c2ccc(NC(=O)c3cc(NC(=O)Cc4cccc(COc5cc6c(cc5OC)C(=O)N5c7ccccc7C[C@H]5CN6C)c4)cn3C)cc2)cn1C. The number of anilines is 4. The molecule has 65 heavy (non-hydrogen) atoms. The minimum absolute atomic E-state index is 0.0255. The van der Waals surface area contributed by atoms with Crippen molar-refractivity contribution < 1.29 is 28.7 Å². The molecule has 0 bridgehead atoms. The number of para-hydroxylation sites is 1. The fourth-order valence-electron chi connectivity index (χ4n) is 9.06. The number of aromatic nitrogens is 2. The average molecular weight is 876 g/mol. The molecule has 0 saturated heterocycles. The van der Waals surface area contributed by atoms with Crippen molar-refractivity contribution >= 4 is 46.3 Å². The largest absolute Gasteiger partial charge is 0.493 e. The molecular weight excluding hydrogens is 819 g/mol. The summed E-state index contributed by atoms with van der Waals surface area (Å²) < 4.78 is 15.6. The van der Waals surface area contributed by atoms with Gasteiger partial charge in [-0.15, -0.1) is 0 Å². The van der Waals surface area contributed by atoms with Crippen LogP contribution in [0.4, 0.5) is 22.7 Å². The van der Waals surface area contributed by atoms with Gasteiger partial charge in [-0.25, -0.2) is 0 Å². The molecule has 8 rings (SSSR count). The molecule has 4 aromatic carbocycles. The monoisotopic (exact) mass is 875 g/mol. The van der Waals surface area contributed by atoms with Gasteiger partial charge in [0.05, 0.1) is 42.2 Å². The zero-order valence-corrected chi connectivity index (χ0v) is 38.2. The Hall–Kier alpha value is -7.12. The van der Waals surface area contributed by atoms with Gasteiger partial charge in [-0.05, 0) is 90.5 Å². The van der Waals surface area contributed by atoms with Crippen LogP contribution in [0.1, 0.15) is 74.7 Å². The van der Waals surface area contributed by atoms with Crippen molar-refractivity contribution in [3.05, 3.63) is 143 Å². The molecule has 0 aliphatic carbocycles. The number of ether oxygens (including phenoxy) is 2. The van der Waals surface area contributed by atoms with Gasteiger partial charge in [-0.1, -0.05) is 68.4 Å². The van der Waals surface area contributed by atoms with Crippen LogP contribution in [0.5, 0.6) is 11.5 Å². The van der Waals surface area contributed by atoms with E-state index in [-0.39, 0.29) is 48.0 Å². The summed E-state index contributed by atoms with van der Waals surface area (Å²) in [5.74, 6) is 0.478. The van der Waals surface area contributed by atoms with E-state index in [4.69, 9.17) is 9.47 Å². The van der Waals surface area contributed by atoms with Crippen molar-refractivity contribution in [2.24, 2.45) is 19.5 Å². The number of likely N-dealkylation sites (N-methyl/N-ethyl adjacent to an activating group) is 1. The maximum absolute atomic E-state index is 14.0. The average Bonchev–Trinajstić information content (AvgIpc) is 3.96. The van der Waals surface area contributed by atoms with Crippen molar-refractivity contribution in [3.8, 4) is 22.6 Å². The van der Waals surface area contributed by atoms with Gasteiger partial charge in [0.25, 0.3) is 11.8 Å². The van der Waals surface area contributed by atoms with E-state index >= 15 is 0 Å². The predicted octanol–water partition coefficient (Wildman–Crippen LogP) is 8.28. The number of rotatable bonds is 16. The van der Waals surface area contributed by atoms with Crippen molar-refractivity contribution in [2.45, 2.75) is 52.2 Å². The molecule has 2 aliphatic heterocycles. The van der Waals surface area contributed by atoms with Gasteiger partial charge in [0.1, 0.15) is 12.3 Å². The molecule has 4 heterocycles. The van der Waals surface area contributed by atoms with Gasteiger partial charge in [0, 0.05) is 69.5 Å². The predicted molar refractivity (Wildman–Crippen MR) is 256 cm³/mol. The lowest BCUT2D eigenvalue weighted by atomic mass is 9.86. The maximum Gasteiger partial charge on any atom is 0.272 e. The van der Waals surface area contributed by atoms with Gasteiger partial charge in [-0.3, -0.25) is 19.2 Å². The number of methoxy groups -OCH3 is 1. The third-order valence-corrected chi connectivity index (χ3v) is 12.4. The van der Waals surface area contributed by atoms with Crippen molar-refractivity contribution in [2.75, 3.05) is 54.7 Å². The summed E-state index contributed by atoms with van der Waals surface area (Å²) >= 11 is 0. The summed E-state index contributed by atoms with van der Waals surface area (Å²) in [7, 11) is 9.13. The van der Waals surface area contributed by atoms with Crippen LogP contribution in [0.2, 0.25) is 0 Å². The highest BCUT2D eigenvalue weighted by atomic mass is 16.5. The number of Topliss-reactive ketones (excluding diaryl/α,β-unsaturated/α-hetero) is 1. The quantitative estimate of drug-likeness (QED) is 0.0827. The molecule has 2 aromatic heterocycles. The molecule has 0 radical (unpaired) electrons. The normalized spacial score (nSPS) is 14.3. The first-order valence-corrected chi connectivity index (χ1v) is 22.0. The van der Waals surface area contributed by atoms with E-state index in [1.54, 1.807) is 37.1 Å². The summed E-state index contributed by atoms with van der Waals surface area (Å²) in [4.78, 5) is 57.8. The highest BCUT2D eigenvalue weighted by molar-refractivity contribution is 6.12. The Kier molecular flexibility index (Phi) is 12.7. The van der Waals surface area contributed by atoms with Crippen LogP contribution in [0.3, 0.4) is 0 Å². The topological polar surface area (TPSA) is 139 Å². The van der Waals surface area contributed by atoms with E-state index < -0.39 is 0 Å². The number of fused-ring (bicyclic) bond motifs is 4. The van der Waals surface area contributed by atoms with Crippen LogP contribution >= 0.6 is 0 Å². The second kappa shape index (κ2) is 18.5. The molecule has 3 amide bonds. The molecule has 2 aliphatic rings. The molecule has 0 saturated carbocycles. The molecule has 3 N–H and O–H groups in total. The van der Waals surface area contributed by atoms with Crippen molar-refractivity contribution in [1.29, 1.82) is 0 Å². The molecule has 1 atom stereocenters. The van der Waals surface area contributed by atoms with Crippen molar-refractivity contribution in [3.63, 3.8) is 0 Å².